The molecule has 1 aromatic carbocycles. The minimum Gasteiger partial charge on any atom is -0.486 e. The van der Waals surface area contributed by atoms with Gasteiger partial charge in [-0.1, -0.05) is 5.21 Å². The molecule has 3 aliphatic rings. The number of aryl methyl sites for hydroxylation is 1. The highest BCUT2D eigenvalue weighted by molar-refractivity contribution is 5.92. The lowest BCUT2D eigenvalue weighted by Crippen LogP contribution is -2.46. The van der Waals surface area contributed by atoms with E-state index in [4.69, 9.17) is 14.2 Å². The van der Waals surface area contributed by atoms with Gasteiger partial charge in [0, 0.05) is 44.0 Å². The van der Waals surface area contributed by atoms with Gasteiger partial charge in [0.2, 0.25) is 0 Å². The van der Waals surface area contributed by atoms with E-state index < -0.39 is 0 Å². The van der Waals surface area contributed by atoms with Crippen molar-refractivity contribution in [2.24, 2.45) is 0 Å². The van der Waals surface area contributed by atoms with Gasteiger partial charge in [0.25, 0.3) is 5.91 Å². The Hall–Kier alpha value is -3.34. The number of hydrogen-bond acceptors (Lipinski definition) is 7. The maximum atomic E-state index is 13.1. The molecular formula is C23H30N6O5. The maximum absolute atomic E-state index is 13.1. The van der Waals surface area contributed by atoms with Gasteiger partial charge in [0.1, 0.15) is 13.2 Å². The predicted octanol–water partition coefficient (Wildman–Crippen LogP) is 2.00. The quantitative estimate of drug-likeness (QED) is 0.711. The van der Waals surface area contributed by atoms with Crippen LogP contribution >= 0.6 is 0 Å². The minimum absolute atomic E-state index is 0.0913. The summed E-state index contributed by atoms with van der Waals surface area (Å²) in [6.07, 6.45) is 5.43. The molecule has 2 fully saturated rings. The van der Waals surface area contributed by atoms with Gasteiger partial charge in [0.05, 0.1) is 19.4 Å². The number of carbonyl (C=O) groups excluding carboxylic acids is 2. The monoisotopic (exact) mass is 470 g/mol. The Morgan fingerprint density at radius 2 is 1.85 bits per heavy atom. The molecule has 11 heteroatoms. The molecule has 1 aromatic heterocycles. The van der Waals surface area contributed by atoms with E-state index in [0.717, 1.165) is 25.7 Å². The van der Waals surface area contributed by atoms with Gasteiger partial charge in [-0.2, -0.15) is 0 Å². The Kier molecular flexibility index (Phi) is 6.79. The lowest BCUT2D eigenvalue weighted by atomic mass is 10.00. The van der Waals surface area contributed by atoms with Crippen LogP contribution < -0.4 is 14.8 Å². The third-order valence-electron chi connectivity index (χ3n) is 6.43. The second-order valence-corrected chi connectivity index (χ2v) is 8.69. The number of rotatable bonds is 5. The molecule has 3 aliphatic heterocycles. The lowest BCUT2D eigenvalue weighted by Gasteiger charge is -2.35. The van der Waals surface area contributed by atoms with Crippen molar-refractivity contribution >= 4 is 17.6 Å². The van der Waals surface area contributed by atoms with Crippen molar-refractivity contribution in [3.8, 4) is 11.5 Å². The Balaban J connectivity index is 1.18. The number of piperidine rings is 1. The number of aromatic nitrogens is 3. The van der Waals surface area contributed by atoms with E-state index in [2.05, 4.69) is 15.6 Å². The van der Waals surface area contributed by atoms with Crippen molar-refractivity contribution in [3.63, 3.8) is 0 Å². The number of fused-ring (bicyclic) bond motifs is 1. The summed E-state index contributed by atoms with van der Waals surface area (Å²) in [5.41, 5.74) is 1.03. The topological polar surface area (TPSA) is 111 Å². The summed E-state index contributed by atoms with van der Waals surface area (Å²) >= 11 is 0. The van der Waals surface area contributed by atoms with Crippen LogP contribution in [0, 0.1) is 0 Å². The first-order valence-electron chi connectivity index (χ1n) is 11.9. The number of urea groups is 1. The first-order valence-corrected chi connectivity index (χ1v) is 11.9. The number of anilines is 1. The van der Waals surface area contributed by atoms with Crippen molar-refractivity contribution in [2.45, 2.75) is 38.3 Å². The van der Waals surface area contributed by atoms with Crippen LogP contribution in [0.15, 0.2) is 24.4 Å². The highest BCUT2D eigenvalue weighted by Gasteiger charge is 2.27. The van der Waals surface area contributed by atoms with Gasteiger partial charge in [-0.25, -0.2) is 4.79 Å². The number of benzene rings is 1. The zero-order chi connectivity index (χ0) is 23.3. The zero-order valence-electron chi connectivity index (χ0n) is 19.1. The third-order valence-corrected chi connectivity index (χ3v) is 6.43. The van der Waals surface area contributed by atoms with Crippen LogP contribution in [0.1, 0.15) is 36.2 Å². The Labute approximate surface area is 197 Å². The Morgan fingerprint density at radius 1 is 1.03 bits per heavy atom. The molecule has 182 valence electrons. The second-order valence-electron chi connectivity index (χ2n) is 8.69. The van der Waals surface area contributed by atoms with Crippen LogP contribution in [0.5, 0.6) is 11.5 Å². The number of nitrogens with zero attached hydrogens (tertiary/aromatic N) is 5. The van der Waals surface area contributed by atoms with Crippen LogP contribution in [-0.2, 0) is 11.3 Å². The van der Waals surface area contributed by atoms with Crippen molar-refractivity contribution in [1.29, 1.82) is 0 Å². The van der Waals surface area contributed by atoms with Crippen molar-refractivity contribution < 1.29 is 23.8 Å². The van der Waals surface area contributed by atoms with Crippen molar-refractivity contribution in [2.75, 3.05) is 51.4 Å². The molecule has 0 bridgehead atoms. The number of likely N-dealkylation sites (tertiary alicyclic amines) is 1. The highest BCUT2D eigenvalue weighted by Crippen LogP contribution is 2.33. The fourth-order valence-electron chi connectivity index (χ4n) is 4.60. The molecule has 1 unspecified atom stereocenters. The van der Waals surface area contributed by atoms with Crippen molar-refractivity contribution in [3.05, 3.63) is 30.1 Å². The van der Waals surface area contributed by atoms with Gasteiger partial charge < -0.3 is 29.3 Å². The van der Waals surface area contributed by atoms with E-state index in [0.29, 0.717) is 75.5 Å². The number of morpholine rings is 1. The molecule has 0 aliphatic carbocycles. The molecule has 34 heavy (non-hydrogen) atoms. The fourth-order valence-corrected chi connectivity index (χ4v) is 4.60. The molecular weight excluding hydrogens is 440 g/mol. The van der Waals surface area contributed by atoms with Crippen LogP contribution in [0.3, 0.4) is 0 Å². The number of hydrogen-bond donors (Lipinski definition) is 1. The minimum atomic E-state index is -0.122. The average molecular weight is 471 g/mol. The number of nitrogens with one attached hydrogen (secondary N) is 1. The molecule has 2 saturated heterocycles. The van der Waals surface area contributed by atoms with Gasteiger partial charge in [-0.05, 0) is 37.8 Å². The van der Waals surface area contributed by atoms with E-state index >= 15 is 0 Å². The summed E-state index contributed by atoms with van der Waals surface area (Å²) in [7, 11) is 0. The van der Waals surface area contributed by atoms with Crippen LogP contribution in [0.25, 0.3) is 0 Å². The van der Waals surface area contributed by atoms with E-state index in [1.54, 1.807) is 21.8 Å². The Morgan fingerprint density at radius 3 is 2.71 bits per heavy atom. The molecule has 0 radical (unpaired) electrons. The van der Waals surface area contributed by atoms with Crippen LogP contribution in [0.4, 0.5) is 10.5 Å². The molecule has 11 nitrogen and oxygen atoms in total. The highest BCUT2D eigenvalue weighted by atomic mass is 16.6. The van der Waals surface area contributed by atoms with Gasteiger partial charge >= 0.3 is 6.03 Å². The van der Waals surface area contributed by atoms with E-state index in [-0.39, 0.29) is 18.0 Å². The molecule has 1 N–H and O–H groups in total. The SMILES string of the molecule is O=C(c1cn(CCC2CCCCN2C(=O)Nc2ccc3c(c2)OCCO3)nn1)N1CCOCC1. The summed E-state index contributed by atoms with van der Waals surface area (Å²) in [5.74, 6) is 1.22. The van der Waals surface area contributed by atoms with Crippen LogP contribution in [-0.4, -0.2) is 88.8 Å². The molecule has 4 heterocycles. The molecule has 3 amide bonds. The molecule has 5 rings (SSSR count). The lowest BCUT2D eigenvalue weighted by molar-refractivity contribution is 0.0299. The molecule has 1 atom stereocenters. The van der Waals surface area contributed by atoms with Crippen molar-refractivity contribution in [1.82, 2.24) is 24.8 Å². The van der Waals surface area contributed by atoms with E-state index in [9.17, 15) is 9.59 Å². The largest absolute Gasteiger partial charge is 0.486 e. The summed E-state index contributed by atoms with van der Waals surface area (Å²) in [6, 6.07) is 5.41. The van der Waals surface area contributed by atoms with Gasteiger partial charge in [-0.15, -0.1) is 5.10 Å². The third kappa shape index (κ3) is 5.09. The summed E-state index contributed by atoms with van der Waals surface area (Å²) in [6.45, 7) is 4.56. The summed E-state index contributed by atoms with van der Waals surface area (Å²) < 4.78 is 18.2. The van der Waals surface area contributed by atoms with Crippen LogP contribution in [0.2, 0.25) is 0 Å². The molecule has 2 aromatic rings. The number of carbonyl (C=O) groups is 2. The van der Waals surface area contributed by atoms with Gasteiger partial charge in [-0.3, -0.25) is 9.48 Å². The van der Waals surface area contributed by atoms with E-state index in [1.807, 2.05) is 17.0 Å². The normalized spacial score (nSPS) is 20.2. The second kappa shape index (κ2) is 10.3. The predicted molar refractivity (Wildman–Crippen MR) is 122 cm³/mol. The standard InChI is InChI=1S/C23H30N6O5/c30-22(27-9-11-32-12-10-27)19-16-28(26-25-19)8-6-18-3-1-2-7-29(18)23(31)24-17-4-5-20-21(15-17)34-14-13-33-20/h4-5,15-16,18H,1-3,6-14H2,(H,24,31). The smallest absolute Gasteiger partial charge is 0.322 e. The summed E-state index contributed by atoms with van der Waals surface area (Å²) in [5, 5.41) is 11.2. The zero-order valence-corrected chi connectivity index (χ0v) is 19.1. The number of ether oxygens (including phenoxy) is 3. The average Bonchev–Trinajstić information content (AvgIpc) is 3.37. The first kappa shape index (κ1) is 22.5. The molecule has 0 saturated carbocycles. The molecule has 0 spiro atoms. The first-order chi connectivity index (χ1) is 16.7. The Bertz CT molecular complexity index is 1020. The van der Waals surface area contributed by atoms with Gasteiger partial charge in [0.15, 0.2) is 17.2 Å². The number of amides is 3. The fraction of sp³-hybridized carbons (Fsp3) is 0.565. The maximum Gasteiger partial charge on any atom is 0.322 e. The summed E-state index contributed by atoms with van der Waals surface area (Å²) in [4.78, 5) is 29.3. The van der Waals surface area contributed by atoms with E-state index in [1.165, 1.54) is 0 Å².